The van der Waals surface area contributed by atoms with E-state index in [4.69, 9.17) is 0 Å². The Kier molecular flexibility index (Phi) is 6.02. The number of hydrogen-bond acceptors (Lipinski definition) is 3. The fourth-order valence-corrected chi connectivity index (χ4v) is 3.82. The number of carbonyl (C=O) groups is 2. The average Bonchev–Trinajstić information content (AvgIpc) is 3.30. The summed E-state index contributed by atoms with van der Waals surface area (Å²) >= 11 is 0. The molecule has 6 nitrogen and oxygen atoms in total. The molecule has 2 aromatic carbocycles. The molecule has 3 aromatic rings. The Hall–Kier alpha value is -3.56. The van der Waals surface area contributed by atoms with Crippen LogP contribution in [0.4, 0.5) is 17.6 Å². The number of aromatic nitrogens is 1. The van der Waals surface area contributed by atoms with Crippen LogP contribution in [0.5, 0.6) is 5.75 Å². The number of nitrogens with one attached hydrogen (secondary N) is 3. The van der Waals surface area contributed by atoms with E-state index in [0.717, 1.165) is 6.07 Å². The van der Waals surface area contributed by atoms with Crippen LogP contribution in [0.2, 0.25) is 0 Å². The van der Waals surface area contributed by atoms with Gasteiger partial charge >= 0.3 is 6.61 Å². The van der Waals surface area contributed by atoms with Crippen LogP contribution < -0.4 is 15.4 Å². The molecule has 168 valence electrons. The van der Waals surface area contributed by atoms with Crippen molar-refractivity contribution in [2.75, 3.05) is 6.54 Å². The number of H-pyrrole nitrogens is 1. The van der Waals surface area contributed by atoms with Crippen molar-refractivity contribution in [1.29, 1.82) is 0 Å². The number of carbonyl (C=O) groups excluding carboxylic acids is 2. The van der Waals surface area contributed by atoms with Gasteiger partial charge < -0.3 is 20.4 Å². The number of halogens is 4. The minimum Gasteiger partial charge on any atom is -0.435 e. The van der Waals surface area contributed by atoms with Crippen LogP contribution in [0.25, 0.3) is 22.2 Å². The topological polar surface area (TPSA) is 83.2 Å². The second-order valence-electron chi connectivity index (χ2n) is 7.39. The lowest BCUT2D eigenvalue weighted by atomic mass is 10.0. The van der Waals surface area contributed by atoms with Gasteiger partial charge in [-0.15, -0.1) is 0 Å². The Morgan fingerprint density at radius 3 is 2.59 bits per heavy atom. The standard InChI is InChI=1S/C22H19F4N3O3/c23-12-9-15-14(5-6-18(30)28-17-7-8-27-21(17)31)19(29-20(15)16(24)10-12)11-1-3-13(4-2-11)32-22(25)26/h1-4,9-10,17,22,29H,5-8H2,(H,27,31)(H,28,30)/t17-/m0/s1. The first-order chi connectivity index (χ1) is 15.3. The number of rotatable bonds is 7. The Labute approximate surface area is 179 Å². The minimum absolute atomic E-state index is 0.0194. The lowest BCUT2D eigenvalue weighted by molar-refractivity contribution is -0.127. The van der Waals surface area contributed by atoms with Gasteiger partial charge in [0.1, 0.15) is 23.4 Å². The third kappa shape index (κ3) is 4.53. The van der Waals surface area contributed by atoms with Gasteiger partial charge in [0, 0.05) is 30.1 Å². The van der Waals surface area contributed by atoms with Gasteiger partial charge in [0.15, 0.2) is 0 Å². The summed E-state index contributed by atoms with van der Waals surface area (Å²) in [4.78, 5) is 26.9. The van der Waals surface area contributed by atoms with Crippen molar-refractivity contribution in [3.05, 3.63) is 53.6 Å². The molecule has 10 heteroatoms. The number of alkyl halides is 2. The molecule has 0 radical (unpaired) electrons. The van der Waals surface area contributed by atoms with E-state index < -0.39 is 24.3 Å². The number of benzene rings is 2. The number of fused-ring (bicyclic) bond motifs is 1. The van der Waals surface area contributed by atoms with Crippen molar-refractivity contribution in [2.24, 2.45) is 0 Å². The minimum atomic E-state index is -2.97. The summed E-state index contributed by atoms with van der Waals surface area (Å²) in [7, 11) is 0. The van der Waals surface area contributed by atoms with Crippen LogP contribution in [0.15, 0.2) is 36.4 Å². The zero-order valence-electron chi connectivity index (χ0n) is 16.7. The molecule has 4 rings (SSSR count). The molecule has 32 heavy (non-hydrogen) atoms. The molecule has 3 N–H and O–H groups in total. The van der Waals surface area contributed by atoms with Crippen LogP contribution in [0.3, 0.4) is 0 Å². The summed E-state index contributed by atoms with van der Waals surface area (Å²) < 4.78 is 57.4. The monoisotopic (exact) mass is 449 g/mol. The van der Waals surface area contributed by atoms with E-state index in [1.807, 2.05) is 0 Å². The summed E-state index contributed by atoms with van der Waals surface area (Å²) in [6.07, 6.45) is 0.606. The van der Waals surface area contributed by atoms with E-state index >= 15 is 0 Å². The zero-order chi connectivity index (χ0) is 22.8. The van der Waals surface area contributed by atoms with E-state index in [1.165, 1.54) is 30.3 Å². The first kappa shape index (κ1) is 21.7. The van der Waals surface area contributed by atoms with Crippen LogP contribution in [-0.2, 0) is 16.0 Å². The average molecular weight is 449 g/mol. The Morgan fingerprint density at radius 2 is 1.94 bits per heavy atom. The summed E-state index contributed by atoms with van der Waals surface area (Å²) in [5.74, 6) is -2.23. The van der Waals surface area contributed by atoms with Crippen LogP contribution >= 0.6 is 0 Å². The molecule has 1 fully saturated rings. The maximum Gasteiger partial charge on any atom is 0.387 e. The SMILES string of the molecule is O=C(CCc1c(-c2ccc(OC(F)F)cc2)[nH]c2c(F)cc(F)cc12)N[C@H]1CCNC1=O. The molecule has 1 aliphatic rings. The molecule has 0 bridgehead atoms. The Bertz CT molecular complexity index is 1160. The van der Waals surface area contributed by atoms with Gasteiger partial charge in [-0.25, -0.2) is 8.78 Å². The second-order valence-corrected chi connectivity index (χ2v) is 7.39. The maximum absolute atomic E-state index is 14.4. The predicted molar refractivity (Wildman–Crippen MR) is 108 cm³/mol. The molecule has 0 saturated carbocycles. The number of hydrogen-bond donors (Lipinski definition) is 3. The van der Waals surface area contributed by atoms with E-state index in [2.05, 4.69) is 20.4 Å². The van der Waals surface area contributed by atoms with E-state index in [9.17, 15) is 27.2 Å². The molecule has 1 atom stereocenters. The van der Waals surface area contributed by atoms with Crippen molar-refractivity contribution in [1.82, 2.24) is 15.6 Å². The van der Waals surface area contributed by atoms with Gasteiger partial charge in [0.2, 0.25) is 11.8 Å². The molecular formula is C22H19F4N3O3. The van der Waals surface area contributed by atoms with Gasteiger partial charge in [-0.3, -0.25) is 9.59 Å². The lowest BCUT2D eigenvalue weighted by Crippen LogP contribution is -2.40. The molecule has 0 unspecified atom stereocenters. The first-order valence-electron chi connectivity index (χ1n) is 9.93. The Balaban J connectivity index is 1.63. The molecule has 2 heterocycles. The van der Waals surface area contributed by atoms with Crippen LogP contribution in [0.1, 0.15) is 18.4 Å². The van der Waals surface area contributed by atoms with Gasteiger partial charge in [0.25, 0.3) is 0 Å². The van der Waals surface area contributed by atoms with E-state index in [-0.39, 0.29) is 41.3 Å². The highest BCUT2D eigenvalue weighted by Crippen LogP contribution is 2.34. The quantitative estimate of drug-likeness (QED) is 0.482. The van der Waals surface area contributed by atoms with Crippen LogP contribution in [0, 0.1) is 11.6 Å². The predicted octanol–water partition coefficient (Wildman–Crippen LogP) is 3.65. The molecule has 1 aliphatic heterocycles. The number of aryl methyl sites for hydroxylation is 1. The van der Waals surface area contributed by atoms with E-state index in [0.29, 0.717) is 29.8 Å². The third-order valence-electron chi connectivity index (χ3n) is 5.29. The van der Waals surface area contributed by atoms with Gasteiger partial charge in [-0.1, -0.05) is 0 Å². The highest BCUT2D eigenvalue weighted by molar-refractivity contribution is 5.93. The fraction of sp³-hybridized carbons (Fsp3) is 0.273. The second kappa shape index (κ2) is 8.89. The number of aromatic amines is 1. The summed E-state index contributed by atoms with van der Waals surface area (Å²) in [5, 5.41) is 5.55. The highest BCUT2D eigenvalue weighted by Gasteiger charge is 2.26. The molecule has 0 aliphatic carbocycles. The first-order valence-corrected chi connectivity index (χ1v) is 9.93. The number of ether oxygens (including phenoxy) is 1. The van der Waals surface area contributed by atoms with Crippen molar-refractivity contribution < 1.29 is 31.9 Å². The summed E-state index contributed by atoms with van der Waals surface area (Å²) in [6.45, 7) is -2.48. The summed E-state index contributed by atoms with van der Waals surface area (Å²) in [5.41, 5.74) is 1.51. The van der Waals surface area contributed by atoms with Crippen molar-refractivity contribution in [2.45, 2.75) is 31.9 Å². The fourth-order valence-electron chi connectivity index (χ4n) is 3.82. The molecule has 1 aromatic heterocycles. The van der Waals surface area contributed by atoms with Gasteiger partial charge in [-0.2, -0.15) is 8.78 Å². The normalized spacial score (nSPS) is 15.9. The molecule has 1 saturated heterocycles. The lowest BCUT2D eigenvalue weighted by Gasteiger charge is -2.11. The Morgan fingerprint density at radius 1 is 1.19 bits per heavy atom. The third-order valence-corrected chi connectivity index (χ3v) is 5.29. The largest absolute Gasteiger partial charge is 0.435 e. The smallest absolute Gasteiger partial charge is 0.387 e. The molecular weight excluding hydrogens is 430 g/mol. The van der Waals surface area contributed by atoms with Gasteiger partial charge in [0.05, 0.1) is 5.52 Å². The number of amides is 2. The van der Waals surface area contributed by atoms with Crippen molar-refractivity contribution in [3.8, 4) is 17.0 Å². The van der Waals surface area contributed by atoms with Gasteiger partial charge in [-0.05, 0) is 54.3 Å². The molecule has 0 spiro atoms. The van der Waals surface area contributed by atoms with Crippen molar-refractivity contribution >= 4 is 22.7 Å². The zero-order valence-corrected chi connectivity index (χ0v) is 16.7. The summed E-state index contributed by atoms with van der Waals surface area (Å²) in [6, 6.07) is 6.99. The van der Waals surface area contributed by atoms with Crippen molar-refractivity contribution in [3.63, 3.8) is 0 Å². The molecule has 2 amide bonds. The van der Waals surface area contributed by atoms with E-state index in [1.54, 1.807) is 0 Å². The van der Waals surface area contributed by atoms with Crippen LogP contribution in [-0.4, -0.2) is 36.0 Å². The highest BCUT2D eigenvalue weighted by atomic mass is 19.3. The maximum atomic E-state index is 14.4.